The zero-order chi connectivity index (χ0) is 14.3. The summed E-state index contributed by atoms with van der Waals surface area (Å²) < 4.78 is 1.08. The van der Waals surface area contributed by atoms with E-state index in [4.69, 9.17) is 0 Å². The summed E-state index contributed by atoms with van der Waals surface area (Å²) in [6.07, 6.45) is 1.10. The fraction of sp³-hybridized carbons (Fsp3) is 0.333. The third kappa shape index (κ3) is 2.24. The van der Waals surface area contributed by atoms with Crippen LogP contribution in [0.1, 0.15) is 11.3 Å². The molecular formula is C15H17IN4. The lowest BCUT2D eigenvalue weighted by Gasteiger charge is -2.13. The number of aromatic nitrogens is 2. The van der Waals surface area contributed by atoms with Crippen LogP contribution < -0.4 is 10.2 Å². The third-order valence-electron chi connectivity index (χ3n) is 3.72. The summed E-state index contributed by atoms with van der Waals surface area (Å²) in [7, 11) is 4.03. The van der Waals surface area contributed by atoms with Crippen molar-refractivity contribution in [1.29, 1.82) is 0 Å². The molecule has 0 fully saturated rings. The zero-order valence-electron chi connectivity index (χ0n) is 11.9. The number of likely N-dealkylation sites (N-methyl/N-ethyl adjacent to an activating group) is 1. The van der Waals surface area contributed by atoms with Crippen molar-refractivity contribution in [2.45, 2.75) is 13.3 Å². The standard InChI is InChI=1S/C15H17IN4/c1-9-13(16)15(17-2)19-14(18-9)11-4-5-12-10(8-11)6-7-20(12)3/h4-5,8H,6-7H2,1-3H3,(H,17,18,19). The summed E-state index contributed by atoms with van der Waals surface area (Å²) in [5.41, 5.74) is 4.81. The van der Waals surface area contributed by atoms with Crippen LogP contribution in [0.4, 0.5) is 11.5 Å². The van der Waals surface area contributed by atoms with Gasteiger partial charge in [-0.2, -0.15) is 0 Å². The Bertz CT molecular complexity index is 669. The number of anilines is 2. The largest absolute Gasteiger partial charge is 0.374 e. The molecule has 0 saturated heterocycles. The van der Waals surface area contributed by atoms with E-state index in [1.807, 2.05) is 14.0 Å². The first-order chi connectivity index (χ1) is 9.60. The predicted molar refractivity (Wildman–Crippen MR) is 91.4 cm³/mol. The summed E-state index contributed by atoms with van der Waals surface area (Å²) in [6.45, 7) is 3.11. The fourth-order valence-electron chi connectivity index (χ4n) is 2.56. The molecule has 0 radical (unpaired) electrons. The maximum absolute atomic E-state index is 4.62. The van der Waals surface area contributed by atoms with E-state index < -0.39 is 0 Å². The normalized spacial score (nSPS) is 13.5. The van der Waals surface area contributed by atoms with Crippen molar-refractivity contribution in [2.75, 3.05) is 30.9 Å². The summed E-state index contributed by atoms with van der Waals surface area (Å²) in [5, 5.41) is 3.14. The molecule has 1 aliphatic rings. The molecule has 2 heterocycles. The highest BCUT2D eigenvalue weighted by molar-refractivity contribution is 14.1. The van der Waals surface area contributed by atoms with Crippen molar-refractivity contribution >= 4 is 34.1 Å². The summed E-state index contributed by atoms with van der Waals surface area (Å²) in [5.74, 6) is 1.69. The number of hydrogen-bond donors (Lipinski definition) is 1. The van der Waals surface area contributed by atoms with Crippen LogP contribution in [-0.2, 0) is 6.42 Å². The van der Waals surface area contributed by atoms with E-state index in [1.165, 1.54) is 11.3 Å². The zero-order valence-corrected chi connectivity index (χ0v) is 14.0. The molecule has 1 aliphatic heterocycles. The highest BCUT2D eigenvalue weighted by Gasteiger charge is 2.17. The van der Waals surface area contributed by atoms with Crippen LogP contribution in [0, 0.1) is 10.5 Å². The highest BCUT2D eigenvalue weighted by Crippen LogP contribution is 2.31. The molecule has 0 bridgehead atoms. The van der Waals surface area contributed by atoms with Gasteiger partial charge < -0.3 is 10.2 Å². The van der Waals surface area contributed by atoms with Gasteiger partial charge in [-0.1, -0.05) is 0 Å². The lowest BCUT2D eigenvalue weighted by molar-refractivity contribution is 0.956. The number of aryl methyl sites for hydroxylation is 1. The maximum atomic E-state index is 4.62. The van der Waals surface area contributed by atoms with Gasteiger partial charge in [-0.05, 0) is 59.7 Å². The SMILES string of the molecule is CNc1nc(-c2ccc3c(c2)CCN3C)nc(C)c1I. The maximum Gasteiger partial charge on any atom is 0.161 e. The van der Waals surface area contributed by atoms with Gasteiger partial charge in [0, 0.05) is 31.9 Å². The van der Waals surface area contributed by atoms with Gasteiger partial charge in [-0.3, -0.25) is 0 Å². The first-order valence-electron chi connectivity index (χ1n) is 6.66. The smallest absolute Gasteiger partial charge is 0.161 e. The summed E-state index contributed by atoms with van der Waals surface area (Å²) >= 11 is 2.28. The topological polar surface area (TPSA) is 41.1 Å². The highest BCUT2D eigenvalue weighted by atomic mass is 127. The van der Waals surface area contributed by atoms with E-state index in [9.17, 15) is 0 Å². The molecule has 0 unspecified atom stereocenters. The first-order valence-corrected chi connectivity index (χ1v) is 7.74. The Morgan fingerprint density at radius 2 is 2.10 bits per heavy atom. The molecule has 0 saturated carbocycles. The second-order valence-corrected chi connectivity index (χ2v) is 6.14. The molecule has 0 atom stereocenters. The molecule has 3 rings (SSSR count). The van der Waals surface area contributed by atoms with Crippen LogP contribution in [0.15, 0.2) is 18.2 Å². The molecule has 20 heavy (non-hydrogen) atoms. The van der Waals surface area contributed by atoms with Gasteiger partial charge in [-0.15, -0.1) is 0 Å². The number of benzene rings is 1. The minimum Gasteiger partial charge on any atom is -0.374 e. The van der Waals surface area contributed by atoms with Gasteiger partial charge in [0.05, 0.1) is 9.26 Å². The summed E-state index contributed by atoms with van der Waals surface area (Å²) in [6, 6.07) is 6.51. The molecular weight excluding hydrogens is 363 g/mol. The van der Waals surface area contributed by atoms with Gasteiger partial charge in [0.25, 0.3) is 0 Å². The van der Waals surface area contributed by atoms with Crippen LogP contribution in [0.25, 0.3) is 11.4 Å². The molecule has 1 aromatic heterocycles. The molecule has 2 aromatic rings. The van der Waals surface area contributed by atoms with Gasteiger partial charge in [0.1, 0.15) is 5.82 Å². The number of halogens is 1. The second kappa shape index (κ2) is 5.20. The van der Waals surface area contributed by atoms with Gasteiger partial charge in [0.2, 0.25) is 0 Å². The molecule has 5 heteroatoms. The molecule has 1 aromatic carbocycles. The van der Waals surface area contributed by atoms with E-state index in [2.05, 4.69) is 68.0 Å². The van der Waals surface area contributed by atoms with E-state index in [1.54, 1.807) is 0 Å². The van der Waals surface area contributed by atoms with E-state index in [-0.39, 0.29) is 0 Å². The molecule has 0 amide bonds. The Kier molecular flexibility index (Phi) is 3.54. The number of hydrogen-bond acceptors (Lipinski definition) is 4. The molecule has 0 aliphatic carbocycles. The number of rotatable bonds is 2. The Morgan fingerprint density at radius 3 is 2.85 bits per heavy atom. The number of nitrogens with zero attached hydrogens (tertiary/aromatic N) is 3. The molecule has 4 nitrogen and oxygen atoms in total. The molecule has 104 valence electrons. The van der Waals surface area contributed by atoms with Crippen LogP contribution in [0.5, 0.6) is 0 Å². The Morgan fingerprint density at radius 1 is 1.30 bits per heavy atom. The number of fused-ring (bicyclic) bond motifs is 1. The van der Waals surface area contributed by atoms with Crippen LogP contribution in [0.3, 0.4) is 0 Å². The summed E-state index contributed by atoms with van der Waals surface area (Å²) in [4.78, 5) is 11.5. The average Bonchev–Trinajstić information content (AvgIpc) is 2.83. The van der Waals surface area contributed by atoms with Gasteiger partial charge >= 0.3 is 0 Å². The number of nitrogens with one attached hydrogen (secondary N) is 1. The predicted octanol–water partition coefficient (Wildman–Crippen LogP) is 3.09. The van der Waals surface area contributed by atoms with Crippen molar-refractivity contribution < 1.29 is 0 Å². The van der Waals surface area contributed by atoms with E-state index >= 15 is 0 Å². The van der Waals surface area contributed by atoms with E-state index in [0.717, 1.165) is 39.4 Å². The lowest BCUT2D eigenvalue weighted by Crippen LogP contribution is -2.12. The van der Waals surface area contributed by atoms with Crippen LogP contribution >= 0.6 is 22.6 Å². The fourth-order valence-corrected chi connectivity index (χ4v) is 3.07. The van der Waals surface area contributed by atoms with Crippen LogP contribution in [0.2, 0.25) is 0 Å². The van der Waals surface area contributed by atoms with Crippen LogP contribution in [-0.4, -0.2) is 30.6 Å². The second-order valence-electron chi connectivity index (χ2n) is 5.06. The van der Waals surface area contributed by atoms with Gasteiger partial charge in [-0.25, -0.2) is 9.97 Å². The Hall–Kier alpha value is -1.37. The van der Waals surface area contributed by atoms with Crippen molar-refractivity contribution in [3.63, 3.8) is 0 Å². The van der Waals surface area contributed by atoms with Crippen molar-refractivity contribution in [2.24, 2.45) is 0 Å². The van der Waals surface area contributed by atoms with Gasteiger partial charge in [0.15, 0.2) is 5.82 Å². The minimum absolute atomic E-state index is 0.796. The Labute approximate surface area is 132 Å². The lowest BCUT2D eigenvalue weighted by atomic mass is 10.1. The van der Waals surface area contributed by atoms with Crippen molar-refractivity contribution in [1.82, 2.24) is 9.97 Å². The third-order valence-corrected chi connectivity index (χ3v) is 5.01. The first kappa shape index (κ1) is 13.6. The van der Waals surface area contributed by atoms with Crippen molar-refractivity contribution in [3.8, 4) is 11.4 Å². The quantitative estimate of drug-likeness (QED) is 0.814. The molecule has 0 spiro atoms. The molecule has 1 N–H and O–H groups in total. The Balaban J connectivity index is 2.08. The monoisotopic (exact) mass is 380 g/mol. The van der Waals surface area contributed by atoms with E-state index in [0.29, 0.717) is 0 Å². The van der Waals surface area contributed by atoms with Crippen molar-refractivity contribution in [3.05, 3.63) is 33.0 Å². The minimum atomic E-state index is 0.796. The average molecular weight is 380 g/mol.